The van der Waals surface area contributed by atoms with E-state index < -0.39 is 34.7 Å². The fourth-order valence-corrected chi connectivity index (χ4v) is 4.69. The van der Waals surface area contributed by atoms with Gasteiger partial charge in [-0.05, 0) is 46.5 Å². The molecule has 0 saturated carbocycles. The van der Waals surface area contributed by atoms with E-state index in [4.69, 9.17) is 21.1 Å². The summed E-state index contributed by atoms with van der Waals surface area (Å²) in [7, 11) is 0. The van der Waals surface area contributed by atoms with Gasteiger partial charge in [-0.25, -0.2) is 4.79 Å². The molecule has 3 rings (SSSR count). The molecule has 0 radical (unpaired) electrons. The molecule has 0 aromatic rings. The van der Waals surface area contributed by atoms with E-state index in [0.717, 1.165) is 12.8 Å². The number of nitrogens with one attached hydrogen (secondary N) is 1. The molecular weight excluding hydrogens is 322 g/mol. The van der Waals surface area contributed by atoms with E-state index in [1.165, 1.54) is 0 Å². The largest absolute Gasteiger partial charge is 0.453 e. The van der Waals surface area contributed by atoms with Crippen molar-refractivity contribution in [3.05, 3.63) is 0 Å². The van der Waals surface area contributed by atoms with E-state index in [2.05, 4.69) is 5.32 Å². The Balaban J connectivity index is 1.96. The van der Waals surface area contributed by atoms with Crippen molar-refractivity contribution < 1.29 is 24.2 Å². The molecule has 0 aliphatic carbocycles. The average molecular weight is 346 g/mol. The van der Waals surface area contributed by atoms with Crippen LogP contribution in [0.3, 0.4) is 0 Å². The molecule has 0 spiro atoms. The summed E-state index contributed by atoms with van der Waals surface area (Å²) in [4.78, 5) is 25.0. The highest BCUT2D eigenvalue weighted by Gasteiger charge is 2.83. The molecule has 2 N–H and O–H groups in total. The number of rotatable bonds is 4. The number of ether oxygens (including phenoxy) is 2. The van der Waals surface area contributed by atoms with Crippen LogP contribution in [0.4, 0.5) is 0 Å². The molecule has 0 aromatic heterocycles. The van der Waals surface area contributed by atoms with Gasteiger partial charge in [-0.3, -0.25) is 4.79 Å². The van der Waals surface area contributed by atoms with Gasteiger partial charge in [-0.2, -0.15) is 0 Å². The number of alkyl halides is 1. The van der Waals surface area contributed by atoms with Gasteiger partial charge in [-0.1, -0.05) is 0 Å². The van der Waals surface area contributed by atoms with Crippen LogP contribution in [-0.4, -0.2) is 52.3 Å². The van der Waals surface area contributed by atoms with E-state index in [0.29, 0.717) is 12.8 Å². The third-order valence-corrected chi connectivity index (χ3v) is 6.32. The van der Waals surface area contributed by atoms with Gasteiger partial charge in [-0.15, -0.1) is 11.6 Å². The van der Waals surface area contributed by atoms with Crippen LogP contribution in [0.1, 0.15) is 46.5 Å². The van der Waals surface area contributed by atoms with Gasteiger partial charge in [0.25, 0.3) is 0 Å². The monoisotopic (exact) mass is 345 g/mol. The highest BCUT2D eigenvalue weighted by atomic mass is 35.5. The van der Waals surface area contributed by atoms with Gasteiger partial charge >= 0.3 is 5.97 Å². The second-order valence-electron chi connectivity index (χ2n) is 7.32. The summed E-state index contributed by atoms with van der Waals surface area (Å²) in [5.41, 5.74) is -3.55. The van der Waals surface area contributed by atoms with Gasteiger partial charge in [0, 0.05) is 5.88 Å². The predicted molar refractivity (Wildman–Crippen MR) is 83.0 cm³/mol. The number of esters is 1. The van der Waals surface area contributed by atoms with Crippen molar-refractivity contribution >= 4 is 23.5 Å². The number of amides is 1. The van der Waals surface area contributed by atoms with Crippen molar-refractivity contribution in [3.63, 3.8) is 0 Å². The Bertz CT molecular complexity index is 543. The number of aliphatic hydroxyl groups is 1. The van der Waals surface area contributed by atoms with Gasteiger partial charge in [0.15, 0.2) is 5.60 Å². The Labute approximate surface area is 140 Å². The third kappa shape index (κ3) is 1.94. The summed E-state index contributed by atoms with van der Waals surface area (Å²) < 4.78 is 11.3. The summed E-state index contributed by atoms with van der Waals surface area (Å²) in [5.74, 6) is -0.643. The summed E-state index contributed by atoms with van der Waals surface area (Å²) >= 11 is 5.86. The zero-order valence-corrected chi connectivity index (χ0v) is 14.5. The Morgan fingerprint density at radius 1 is 1.39 bits per heavy atom. The minimum Gasteiger partial charge on any atom is -0.453 e. The van der Waals surface area contributed by atoms with E-state index in [9.17, 15) is 14.7 Å². The van der Waals surface area contributed by atoms with Crippen LogP contribution < -0.4 is 5.32 Å². The molecule has 130 valence electrons. The second-order valence-corrected chi connectivity index (χ2v) is 7.69. The molecule has 1 amide bonds. The van der Waals surface area contributed by atoms with Crippen LogP contribution in [0, 0.1) is 5.41 Å². The third-order valence-electron chi connectivity index (χ3n) is 6.13. The smallest absolute Gasteiger partial charge is 0.339 e. The maximum absolute atomic E-state index is 12.6. The van der Waals surface area contributed by atoms with E-state index in [-0.39, 0.29) is 17.9 Å². The molecular formula is C16H24ClNO5. The van der Waals surface area contributed by atoms with Gasteiger partial charge in [0.2, 0.25) is 11.4 Å². The number of aliphatic hydroxyl groups excluding tert-OH is 1. The lowest BCUT2D eigenvalue weighted by Gasteiger charge is -2.57. The zero-order valence-electron chi connectivity index (χ0n) is 13.7. The van der Waals surface area contributed by atoms with Crippen LogP contribution in [0.25, 0.3) is 0 Å². The first kappa shape index (κ1) is 17.0. The lowest BCUT2D eigenvalue weighted by Crippen LogP contribution is -2.82. The molecule has 3 heterocycles. The Morgan fingerprint density at radius 2 is 2.09 bits per heavy atom. The van der Waals surface area contributed by atoms with Crippen LogP contribution in [0.5, 0.6) is 0 Å². The Kier molecular flexibility index (Phi) is 3.93. The van der Waals surface area contributed by atoms with Crippen molar-refractivity contribution in [1.29, 1.82) is 0 Å². The Morgan fingerprint density at radius 3 is 2.65 bits per heavy atom. The quantitative estimate of drug-likeness (QED) is 0.589. The minimum absolute atomic E-state index is 0.0217. The predicted octanol–water partition coefficient (Wildman–Crippen LogP) is 1.12. The number of carbonyl (C=O) groups excluding carboxylic acids is 2. The molecule has 7 heteroatoms. The molecule has 0 aromatic carbocycles. The molecule has 0 unspecified atom stereocenters. The molecule has 3 saturated heterocycles. The molecule has 23 heavy (non-hydrogen) atoms. The standard InChI is InChI=1S/C16H24ClNO5/c1-9-5-4-6-10(22-9)11(19)16-13(21)23-15(16,3)14(2,7-8-17)12(20)18-16/h9-11,19H,4-8H2,1-3H3,(H,18,20)/t9-,10+,11-,14-,15-,16-/m0/s1. The zero-order chi connectivity index (χ0) is 17.0. The topological polar surface area (TPSA) is 84.9 Å². The summed E-state index contributed by atoms with van der Waals surface area (Å²) in [6, 6.07) is 0. The van der Waals surface area contributed by atoms with Crippen molar-refractivity contribution in [1.82, 2.24) is 5.32 Å². The summed E-state index contributed by atoms with van der Waals surface area (Å²) in [6.45, 7) is 5.38. The van der Waals surface area contributed by atoms with Crippen LogP contribution in [0.2, 0.25) is 0 Å². The number of carbonyl (C=O) groups is 2. The maximum Gasteiger partial charge on any atom is 0.339 e. The van der Waals surface area contributed by atoms with E-state index in [1.54, 1.807) is 13.8 Å². The molecule has 6 atom stereocenters. The van der Waals surface area contributed by atoms with Crippen LogP contribution >= 0.6 is 11.6 Å². The van der Waals surface area contributed by atoms with Crippen LogP contribution in [0.15, 0.2) is 0 Å². The Hall–Kier alpha value is -0.850. The normalized spacial score (nSPS) is 47.3. The number of fused-ring (bicyclic) bond motifs is 1. The second kappa shape index (κ2) is 5.33. The fourth-order valence-electron chi connectivity index (χ4n) is 4.32. The van der Waals surface area contributed by atoms with Gasteiger partial charge < -0.3 is 19.9 Å². The fraction of sp³-hybridized carbons (Fsp3) is 0.875. The first-order valence-electron chi connectivity index (χ1n) is 8.18. The number of hydrogen-bond donors (Lipinski definition) is 2. The molecule has 3 aliphatic heterocycles. The number of hydrogen-bond acceptors (Lipinski definition) is 5. The molecule has 3 fully saturated rings. The maximum atomic E-state index is 12.6. The average Bonchev–Trinajstić information content (AvgIpc) is 2.63. The van der Waals surface area contributed by atoms with Gasteiger partial charge in [0.1, 0.15) is 6.10 Å². The van der Waals surface area contributed by atoms with E-state index in [1.807, 2.05) is 6.92 Å². The van der Waals surface area contributed by atoms with Crippen LogP contribution in [-0.2, 0) is 19.1 Å². The highest BCUT2D eigenvalue weighted by molar-refractivity contribution is 6.18. The van der Waals surface area contributed by atoms with Gasteiger partial charge in [0.05, 0.1) is 17.6 Å². The summed E-state index contributed by atoms with van der Waals surface area (Å²) in [6.07, 6.45) is 1.24. The van der Waals surface area contributed by atoms with E-state index >= 15 is 0 Å². The lowest BCUT2D eigenvalue weighted by atomic mass is 9.60. The highest BCUT2D eigenvalue weighted by Crippen LogP contribution is 2.58. The van der Waals surface area contributed by atoms with Crippen molar-refractivity contribution in [2.24, 2.45) is 5.41 Å². The molecule has 3 aliphatic rings. The minimum atomic E-state index is -1.45. The van der Waals surface area contributed by atoms with Crippen molar-refractivity contribution in [3.8, 4) is 0 Å². The van der Waals surface area contributed by atoms with Crippen molar-refractivity contribution in [2.45, 2.75) is 75.9 Å². The molecule has 0 bridgehead atoms. The molecule has 6 nitrogen and oxygen atoms in total. The lowest BCUT2D eigenvalue weighted by molar-refractivity contribution is -0.259. The SMILES string of the molecule is C[C@H]1CCC[C@H]([C@H](O)[C@@]23NC(=O)[C@](C)(CCCl)[C@]2(C)OC3=O)O1. The van der Waals surface area contributed by atoms with Crippen molar-refractivity contribution in [2.75, 3.05) is 5.88 Å². The first-order valence-corrected chi connectivity index (χ1v) is 8.72. The number of halogens is 1. The first-order chi connectivity index (χ1) is 10.7. The summed E-state index contributed by atoms with van der Waals surface area (Å²) in [5, 5.41) is 13.7.